The maximum absolute atomic E-state index is 14.5. The van der Waals surface area contributed by atoms with Crippen LogP contribution in [-0.2, 0) is 4.74 Å². The molecule has 3 rings (SSSR count). The molecular weight excluding hydrogens is 440 g/mol. The van der Waals surface area contributed by atoms with Gasteiger partial charge in [-0.2, -0.15) is 13.2 Å². The van der Waals surface area contributed by atoms with Gasteiger partial charge in [0.15, 0.2) is 0 Å². The summed E-state index contributed by atoms with van der Waals surface area (Å²) in [5.74, 6) is -1.21. The summed E-state index contributed by atoms with van der Waals surface area (Å²) in [6.45, 7) is 4.45. The lowest BCUT2D eigenvalue weighted by Gasteiger charge is -2.29. The first kappa shape index (κ1) is 24.1. The number of rotatable bonds is 7. The van der Waals surface area contributed by atoms with Crippen molar-refractivity contribution >= 4 is 35.9 Å². The molecule has 0 aromatic heterocycles. The Balaban J connectivity index is 1.66. The number of morpholine rings is 1. The minimum absolute atomic E-state index is 0.0795. The molecule has 2 aromatic carbocycles. The Kier molecular flexibility index (Phi) is 7.94. The molecule has 0 spiro atoms. The normalized spacial score (nSPS) is 15.0. The van der Waals surface area contributed by atoms with E-state index in [4.69, 9.17) is 4.74 Å². The molecule has 0 bridgehead atoms. The molecule has 1 heterocycles. The quantitative estimate of drug-likeness (QED) is 0.490. The number of halogens is 4. The van der Waals surface area contributed by atoms with E-state index in [1.54, 1.807) is 18.2 Å². The van der Waals surface area contributed by atoms with E-state index in [-0.39, 0.29) is 11.4 Å². The van der Waals surface area contributed by atoms with E-state index in [1.807, 2.05) is 10.2 Å². The van der Waals surface area contributed by atoms with E-state index in [2.05, 4.69) is 16.7 Å². The molecule has 1 amide bonds. The highest BCUT2D eigenvalue weighted by atomic mass is 19.4. The van der Waals surface area contributed by atoms with Gasteiger partial charge in [0, 0.05) is 36.5 Å². The van der Waals surface area contributed by atoms with Crippen LogP contribution in [0.4, 0.5) is 28.9 Å². The highest BCUT2D eigenvalue weighted by molar-refractivity contribution is 5.95. The molecule has 1 saturated heterocycles. The minimum Gasteiger partial charge on any atom is -0.378 e. The molecule has 2 aromatic rings. The summed E-state index contributed by atoms with van der Waals surface area (Å²) in [5, 5.41) is 1.81. The number of benzene rings is 2. The van der Waals surface area contributed by atoms with Gasteiger partial charge in [-0.05, 0) is 37.1 Å². The van der Waals surface area contributed by atoms with E-state index in [9.17, 15) is 22.4 Å². The number of nitrogens with zero attached hydrogens (tertiary/aromatic N) is 3. The van der Waals surface area contributed by atoms with Crippen molar-refractivity contribution in [3.05, 3.63) is 65.5 Å². The van der Waals surface area contributed by atoms with Crippen LogP contribution in [0.2, 0.25) is 0 Å². The summed E-state index contributed by atoms with van der Waals surface area (Å²) in [6.07, 6.45) is -1.49. The Morgan fingerprint density at radius 1 is 1.12 bits per heavy atom. The van der Waals surface area contributed by atoms with Crippen LogP contribution in [0.25, 0.3) is 5.70 Å². The van der Waals surface area contributed by atoms with Crippen LogP contribution in [0.15, 0.2) is 58.5 Å². The van der Waals surface area contributed by atoms with Crippen LogP contribution in [-0.4, -0.2) is 57.9 Å². The Hall–Kier alpha value is -3.53. The fourth-order valence-electron chi connectivity index (χ4n) is 3.15. The lowest BCUT2D eigenvalue weighted by atomic mass is 10.1. The molecule has 174 valence electrons. The van der Waals surface area contributed by atoms with Crippen molar-refractivity contribution in [1.82, 2.24) is 5.32 Å². The van der Waals surface area contributed by atoms with Crippen LogP contribution in [0.3, 0.4) is 0 Å². The van der Waals surface area contributed by atoms with Crippen molar-refractivity contribution in [2.45, 2.75) is 6.18 Å². The van der Waals surface area contributed by atoms with Gasteiger partial charge in [-0.15, -0.1) is 0 Å². The van der Waals surface area contributed by atoms with Crippen molar-refractivity contribution in [3.8, 4) is 0 Å². The van der Waals surface area contributed by atoms with Gasteiger partial charge in [-0.3, -0.25) is 14.8 Å². The highest BCUT2D eigenvalue weighted by Crippen LogP contribution is 2.25. The van der Waals surface area contributed by atoms with Crippen molar-refractivity contribution in [3.63, 3.8) is 0 Å². The first-order chi connectivity index (χ1) is 15.8. The van der Waals surface area contributed by atoms with Gasteiger partial charge in [-0.25, -0.2) is 4.39 Å². The number of allylic oxidation sites excluding steroid dienone is 1. The van der Waals surface area contributed by atoms with Crippen molar-refractivity contribution in [1.29, 1.82) is 0 Å². The molecule has 1 aliphatic heterocycles. The maximum atomic E-state index is 14.5. The first-order valence-corrected chi connectivity index (χ1v) is 10.1. The van der Waals surface area contributed by atoms with E-state index < -0.39 is 18.6 Å². The number of alkyl halides is 3. The summed E-state index contributed by atoms with van der Waals surface area (Å²) in [4.78, 5) is 21.8. The number of aliphatic imine (C=N–C) groups is 2. The maximum Gasteiger partial charge on any atom is 0.405 e. The standard InChI is InChI=1S/C23H22F4N4O2/c1-28-20(16-2-4-17(5-3-16)22(32)30-15-23(25,26)27)8-9-29-18-6-7-21(19(24)14-18)31-10-12-33-13-11-31/h2-9,14H,1,10-13,15H2,(H,30,32)/b20-8-,29-9-. The fraction of sp³-hybridized carbons (Fsp3) is 0.261. The van der Waals surface area contributed by atoms with E-state index in [1.165, 1.54) is 36.5 Å². The molecule has 1 N–H and O–H groups in total. The Morgan fingerprint density at radius 3 is 2.39 bits per heavy atom. The molecule has 1 aliphatic rings. The monoisotopic (exact) mass is 462 g/mol. The molecule has 10 heteroatoms. The second kappa shape index (κ2) is 10.9. The molecule has 0 atom stereocenters. The second-order valence-electron chi connectivity index (χ2n) is 7.10. The number of hydrogen-bond acceptors (Lipinski definition) is 5. The number of carbonyl (C=O) groups is 1. The molecule has 0 unspecified atom stereocenters. The van der Waals surface area contributed by atoms with Gasteiger partial charge in [0.2, 0.25) is 0 Å². The van der Waals surface area contributed by atoms with Crippen LogP contribution in [0.1, 0.15) is 15.9 Å². The molecule has 33 heavy (non-hydrogen) atoms. The molecule has 0 aliphatic carbocycles. The highest BCUT2D eigenvalue weighted by Gasteiger charge is 2.27. The van der Waals surface area contributed by atoms with Gasteiger partial charge in [0.05, 0.1) is 30.3 Å². The number of amides is 1. The molecule has 0 saturated carbocycles. The zero-order valence-electron chi connectivity index (χ0n) is 17.6. The van der Waals surface area contributed by atoms with Crippen LogP contribution in [0.5, 0.6) is 0 Å². The van der Waals surface area contributed by atoms with Crippen LogP contribution in [0, 0.1) is 5.82 Å². The predicted octanol–water partition coefficient (Wildman–Crippen LogP) is 4.40. The topological polar surface area (TPSA) is 66.3 Å². The van der Waals surface area contributed by atoms with Gasteiger partial charge < -0.3 is 15.0 Å². The summed E-state index contributed by atoms with van der Waals surface area (Å²) < 4.78 is 56.5. The Morgan fingerprint density at radius 2 is 1.79 bits per heavy atom. The second-order valence-corrected chi connectivity index (χ2v) is 7.10. The largest absolute Gasteiger partial charge is 0.405 e. The third-order valence-electron chi connectivity index (χ3n) is 4.80. The minimum atomic E-state index is -4.48. The third-order valence-corrected chi connectivity index (χ3v) is 4.80. The predicted molar refractivity (Wildman–Crippen MR) is 120 cm³/mol. The number of hydrogen-bond donors (Lipinski definition) is 1. The SMILES string of the molecule is C=N/C(=C\C=N/c1ccc(N2CCOCC2)c(F)c1)c1ccc(C(=O)NCC(F)(F)F)cc1. The average molecular weight is 462 g/mol. The van der Waals surface area contributed by atoms with Gasteiger partial charge in [0.25, 0.3) is 5.91 Å². The van der Waals surface area contributed by atoms with Crippen molar-refractivity contribution < 1.29 is 27.1 Å². The Bertz CT molecular complexity index is 1040. The van der Waals surface area contributed by atoms with Crippen molar-refractivity contribution in [2.24, 2.45) is 9.98 Å². The zero-order chi connectivity index (χ0) is 23.8. The lowest BCUT2D eigenvalue weighted by molar-refractivity contribution is -0.123. The summed E-state index contributed by atoms with van der Waals surface area (Å²) in [6, 6.07) is 10.6. The fourth-order valence-corrected chi connectivity index (χ4v) is 3.15. The summed E-state index contributed by atoms with van der Waals surface area (Å²) in [5.41, 5.74) is 2.00. The number of carbonyl (C=O) groups excluding carboxylic acids is 1. The van der Waals surface area contributed by atoms with E-state index in [0.29, 0.717) is 48.9 Å². The Labute approximate surface area is 188 Å². The van der Waals surface area contributed by atoms with Gasteiger partial charge >= 0.3 is 6.18 Å². The molecular formula is C23H22F4N4O2. The lowest BCUT2D eigenvalue weighted by Crippen LogP contribution is -2.36. The van der Waals surface area contributed by atoms with Crippen molar-refractivity contribution in [2.75, 3.05) is 37.7 Å². The van der Waals surface area contributed by atoms with Crippen LogP contribution < -0.4 is 10.2 Å². The van der Waals surface area contributed by atoms with Crippen LogP contribution >= 0.6 is 0 Å². The van der Waals surface area contributed by atoms with Gasteiger partial charge in [0.1, 0.15) is 12.4 Å². The van der Waals surface area contributed by atoms with E-state index >= 15 is 0 Å². The molecule has 6 nitrogen and oxygen atoms in total. The number of ether oxygens (including phenoxy) is 1. The summed E-state index contributed by atoms with van der Waals surface area (Å²) in [7, 11) is 0. The molecule has 1 fully saturated rings. The third kappa shape index (κ3) is 6.98. The first-order valence-electron chi connectivity index (χ1n) is 10.1. The van der Waals surface area contributed by atoms with Gasteiger partial charge in [-0.1, -0.05) is 12.1 Å². The number of anilines is 1. The summed E-state index contributed by atoms with van der Waals surface area (Å²) >= 11 is 0. The average Bonchev–Trinajstić information content (AvgIpc) is 2.81. The number of nitrogens with one attached hydrogen (secondary N) is 1. The smallest absolute Gasteiger partial charge is 0.378 e. The molecule has 0 radical (unpaired) electrons. The van der Waals surface area contributed by atoms with E-state index in [0.717, 1.165) is 0 Å². The zero-order valence-corrected chi connectivity index (χ0v) is 17.6.